The van der Waals surface area contributed by atoms with Crippen LogP contribution in [0.5, 0.6) is 0 Å². The number of carbonyl (C=O) groups is 1. The fourth-order valence-corrected chi connectivity index (χ4v) is 2.22. The lowest BCUT2D eigenvalue weighted by molar-refractivity contribution is 0.0998. The Morgan fingerprint density at radius 2 is 2.00 bits per heavy atom. The maximum absolute atomic E-state index is 13.2. The van der Waals surface area contributed by atoms with E-state index in [4.69, 9.17) is 16.0 Å². The van der Waals surface area contributed by atoms with E-state index in [1.165, 1.54) is 12.1 Å². The number of nitrogens with one attached hydrogen (secondary N) is 1. The van der Waals surface area contributed by atoms with Crippen molar-refractivity contribution in [2.24, 2.45) is 0 Å². The number of carbonyl (C=O) groups excluding carboxylic acids is 1. The molecular formula is C16H11ClFNO2. The van der Waals surface area contributed by atoms with Crippen LogP contribution in [0.4, 0.5) is 10.1 Å². The Bertz CT molecular complexity index is 841. The number of hydrogen-bond donors (Lipinski definition) is 1. The summed E-state index contributed by atoms with van der Waals surface area (Å²) in [6.45, 7) is 1.63. The molecule has 2 aromatic carbocycles. The molecule has 0 radical (unpaired) electrons. The quantitative estimate of drug-likeness (QED) is 0.740. The topological polar surface area (TPSA) is 42.2 Å². The monoisotopic (exact) mass is 303 g/mol. The van der Waals surface area contributed by atoms with Crippen molar-refractivity contribution in [2.75, 3.05) is 5.32 Å². The van der Waals surface area contributed by atoms with Gasteiger partial charge in [-0.15, -0.1) is 0 Å². The van der Waals surface area contributed by atoms with Crippen LogP contribution < -0.4 is 5.32 Å². The molecule has 0 unspecified atom stereocenters. The number of furan rings is 1. The Morgan fingerprint density at radius 1 is 1.19 bits per heavy atom. The molecule has 5 heteroatoms. The van der Waals surface area contributed by atoms with Gasteiger partial charge in [0.15, 0.2) is 5.76 Å². The first-order valence-electron chi connectivity index (χ1n) is 6.29. The Morgan fingerprint density at radius 3 is 2.76 bits per heavy atom. The van der Waals surface area contributed by atoms with Crippen LogP contribution in [0.2, 0.25) is 5.02 Å². The van der Waals surface area contributed by atoms with Crippen LogP contribution in [0.1, 0.15) is 16.1 Å². The normalized spacial score (nSPS) is 10.8. The first-order valence-corrected chi connectivity index (χ1v) is 6.67. The van der Waals surface area contributed by atoms with E-state index in [0.717, 1.165) is 5.39 Å². The summed E-state index contributed by atoms with van der Waals surface area (Å²) in [5, 5.41) is 4.00. The Kier molecular flexibility index (Phi) is 3.39. The molecule has 3 nitrogen and oxygen atoms in total. The van der Waals surface area contributed by atoms with Crippen molar-refractivity contribution < 1.29 is 13.6 Å². The van der Waals surface area contributed by atoms with Gasteiger partial charge in [0, 0.05) is 16.1 Å². The largest absolute Gasteiger partial charge is 0.451 e. The van der Waals surface area contributed by atoms with Crippen molar-refractivity contribution in [3.63, 3.8) is 0 Å². The molecule has 21 heavy (non-hydrogen) atoms. The van der Waals surface area contributed by atoms with Crippen LogP contribution in [0.15, 0.2) is 46.9 Å². The van der Waals surface area contributed by atoms with Crippen LogP contribution in [0, 0.1) is 12.7 Å². The highest BCUT2D eigenvalue weighted by Gasteiger charge is 2.13. The predicted octanol–water partition coefficient (Wildman–Crippen LogP) is 4.79. The maximum Gasteiger partial charge on any atom is 0.291 e. The number of rotatable bonds is 2. The molecule has 1 N–H and O–H groups in total. The smallest absolute Gasteiger partial charge is 0.291 e. The third kappa shape index (κ3) is 2.76. The predicted molar refractivity (Wildman–Crippen MR) is 80.3 cm³/mol. The summed E-state index contributed by atoms with van der Waals surface area (Å²) < 4.78 is 18.7. The minimum atomic E-state index is -0.395. The minimum Gasteiger partial charge on any atom is -0.451 e. The first kappa shape index (κ1) is 13.6. The molecule has 3 aromatic rings. The van der Waals surface area contributed by atoms with Crippen LogP contribution >= 0.6 is 11.6 Å². The second-order valence-electron chi connectivity index (χ2n) is 4.71. The summed E-state index contributed by atoms with van der Waals surface area (Å²) in [6.07, 6.45) is 0. The highest BCUT2D eigenvalue weighted by molar-refractivity contribution is 6.31. The molecule has 0 aliphatic rings. The van der Waals surface area contributed by atoms with E-state index < -0.39 is 5.91 Å². The van der Waals surface area contributed by atoms with Crippen LogP contribution in [-0.2, 0) is 0 Å². The van der Waals surface area contributed by atoms with Crippen molar-refractivity contribution in [2.45, 2.75) is 6.92 Å². The van der Waals surface area contributed by atoms with E-state index in [1.54, 1.807) is 37.3 Å². The molecule has 3 rings (SSSR count). The zero-order valence-corrected chi connectivity index (χ0v) is 11.9. The summed E-state index contributed by atoms with van der Waals surface area (Å²) in [5.41, 5.74) is 1.56. The van der Waals surface area contributed by atoms with Crippen molar-refractivity contribution in [3.05, 3.63) is 64.6 Å². The van der Waals surface area contributed by atoms with Crippen molar-refractivity contribution in [1.29, 1.82) is 0 Å². The fourth-order valence-electron chi connectivity index (χ4n) is 2.04. The van der Waals surface area contributed by atoms with Gasteiger partial charge < -0.3 is 9.73 Å². The van der Waals surface area contributed by atoms with E-state index in [2.05, 4.69) is 5.32 Å². The van der Waals surface area contributed by atoms with Gasteiger partial charge in [-0.2, -0.15) is 0 Å². The lowest BCUT2D eigenvalue weighted by Crippen LogP contribution is -2.11. The first-order chi connectivity index (χ1) is 10.0. The average molecular weight is 304 g/mol. The summed E-state index contributed by atoms with van der Waals surface area (Å²) in [4.78, 5) is 12.1. The zero-order chi connectivity index (χ0) is 15.0. The number of anilines is 1. The highest BCUT2D eigenvalue weighted by atomic mass is 35.5. The van der Waals surface area contributed by atoms with Gasteiger partial charge in [-0.25, -0.2) is 4.39 Å². The zero-order valence-electron chi connectivity index (χ0n) is 11.1. The third-order valence-electron chi connectivity index (χ3n) is 3.12. The second-order valence-corrected chi connectivity index (χ2v) is 5.15. The summed E-state index contributed by atoms with van der Waals surface area (Å²) in [5.74, 6) is -0.533. The number of aryl methyl sites for hydroxylation is 1. The molecule has 0 bridgehead atoms. The van der Waals surface area contributed by atoms with Gasteiger partial charge >= 0.3 is 0 Å². The molecule has 0 saturated heterocycles. The molecule has 0 atom stereocenters. The molecule has 1 aromatic heterocycles. The molecule has 106 valence electrons. The summed E-state index contributed by atoms with van der Waals surface area (Å²) in [7, 11) is 0. The second kappa shape index (κ2) is 5.22. The van der Waals surface area contributed by atoms with E-state index in [0.29, 0.717) is 21.9 Å². The van der Waals surface area contributed by atoms with Gasteiger partial charge in [-0.05, 0) is 55.0 Å². The van der Waals surface area contributed by atoms with Gasteiger partial charge in [0.05, 0.1) is 0 Å². The Labute approximate surface area is 125 Å². The number of fused-ring (bicyclic) bond motifs is 1. The maximum atomic E-state index is 13.2. The molecule has 0 spiro atoms. The van der Waals surface area contributed by atoms with E-state index in [1.807, 2.05) is 0 Å². The molecule has 0 aliphatic carbocycles. The van der Waals surface area contributed by atoms with E-state index >= 15 is 0 Å². The third-order valence-corrected chi connectivity index (χ3v) is 3.35. The van der Waals surface area contributed by atoms with Gasteiger partial charge in [0.25, 0.3) is 5.91 Å². The molecule has 1 amide bonds. The average Bonchev–Trinajstić information content (AvgIpc) is 2.86. The molecule has 0 aliphatic heterocycles. The number of benzene rings is 2. The SMILES string of the molecule is Cc1cc(NC(=O)c2cc3cc(Cl)ccc3o2)ccc1F. The number of halogens is 2. The lowest BCUT2D eigenvalue weighted by atomic mass is 10.2. The molecule has 0 fully saturated rings. The van der Waals surface area contributed by atoms with Crippen molar-refractivity contribution >= 4 is 34.2 Å². The lowest BCUT2D eigenvalue weighted by Gasteiger charge is -2.04. The molecule has 0 saturated carbocycles. The molecular weight excluding hydrogens is 293 g/mol. The summed E-state index contributed by atoms with van der Waals surface area (Å²) >= 11 is 5.89. The fraction of sp³-hybridized carbons (Fsp3) is 0.0625. The van der Waals surface area contributed by atoms with Crippen LogP contribution in [0.3, 0.4) is 0 Å². The van der Waals surface area contributed by atoms with Crippen LogP contribution in [-0.4, -0.2) is 5.91 Å². The Hall–Kier alpha value is -2.33. The van der Waals surface area contributed by atoms with E-state index in [9.17, 15) is 9.18 Å². The summed E-state index contributed by atoms with van der Waals surface area (Å²) in [6, 6.07) is 11.1. The van der Waals surface area contributed by atoms with Crippen LogP contribution in [0.25, 0.3) is 11.0 Å². The number of hydrogen-bond acceptors (Lipinski definition) is 2. The molecule has 1 heterocycles. The minimum absolute atomic E-state index is 0.175. The van der Waals surface area contributed by atoms with Crippen molar-refractivity contribution in [1.82, 2.24) is 0 Å². The van der Waals surface area contributed by atoms with Crippen molar-refractivity contribution in [3.8, 4) is 0 Å². The standard InChI is InChI=1S/C16H11ClFNO2/c1-9-6-12(3-4-13(9)18)19-16(20)15-8-10-7-11(17)2-5-14(10)21-15/h2-8H,1H3,(H,19,20). The van der Waals surface area contributed by atoms with Gasteiger partial charge in [-0.3, -0.25) is 4.79 Å². The highest BCUT2D eigenvalue weighted by Crippen LogP contribution is 2.24. The Balaban J connectivity index is 1.87. The number of amides is 1. The van der Waals surface area contributed by atoms with Gasteiger partial charge in [0.1, 0.15) is 11.4 Å². The van der Waals surface area contributed by atoms with Gasteiger partial charge in [-0.1, -0.05) is 11.6 Å². The van der Waals surface area contributed by atoms with E-state index in [-0.39, 0.29) is 11.6 Å². The van der Waals surface area contributed by atoms with Gasteiger partial charge in [0.2, 0.25) is 0 Å².